The third-order valence-corrected chi connectivity index (χ3v) is 3.23. The zero-order chi connectivity index (χ0) is 11.5. The number of rotatable bonds is 4. The summed E-state index contributed by atoms with van der Waals surface area (Å²) in [6.07, 6.45) is 1.91. The number of hydrogen-bond acceptors (Lipinski definition) is 3. The Labute approximate surface area is 91.5 Å². The van der Waals surface area contributed by atoms with Crippen molar-refractivity contribution in [1.82, 2.24) is 4.90 Å². The number of carbonyl (C=O) groups excluding carboxylic acids is 1. The molecule has 4 nitrogen and oxygen atoms in total. The Bertz CT molecular complexity index is 220. The number of carbonyl (C=O) groups is 1. The predicted molar refractivity (Wildman–Crippen MR) is 57.8 cm³/mol. The summed E-state index contributed by atoms with van der Waals surface area (Å²) >= 11 is 0. The Morgan fingerprint density at radius 3 is 2.33 bits per heavy atom. The fraction of sp³-hybridized carbons (Fsp3) is 0.909. The van der Waals surface area contributed by atoms with E-state index >= 15 is 0 Å². The van der Waals surface area contributed by atoms with E-state index in [1.165, 1.54) is 7.11 Å². The number of methoxy groups -OCH3 is 1. The van der Waals surface area contributed by atoms with E-state index in [1.807, 2.05) is 0 Å². The number of amides is 1. The van der Waals surface area contributed by atoms with E-state index < -0.39 is 0 Å². The molecule has 0 saturated carbocycles. The molecule has 15 heavy (non-hydrogen) atoms. The molecule has 0 aliphatic carbocycles. The van der Waals surface area contributed by atoms with Gasteiger partial charge in [0.1, 0.15) is 0 Å². The highest BCUT2D eigenvalue weighted by Gasteiger charge is 2.36. The zero-order valence-corrected chi connectivity index (χ0v) is 10.1. The molecule has 1 aliphatic heterocycles. The van der Waals surface area contributed by atoms with E-state index in [9.17, 15) is 4.79 Å². The second-order valence-electron chi connectivity index (χ2n) is 4.27. The fourth-order valence-corrected chi connectivity index (χ4v) is 1.61. The normalized spacial score (nSPS) is 17.5. The lowest BCUT2D eigenvalue weighted by atomic mass is 9.99. The Balaban J connectivity index is 2.31. The van der Waals surface area contributed by atoms with Crippen LogP contribution in [0.25, 0.3) is 0 Å². The lowest BCUT2D eigenvalue weighted by Crippen LogP contribution is -2.57. The maximum absolute atomic E-state index is 11.1. The molecule has 0 aromatic rings. The number of hydrogen-bond donors (Lipinski definition) is 0. The summed E-state index contributed by atoms with van der Waals surface area (Å²) < 4.78 is 10.6. The van der Waals surface area contributed by atoms with Gasteiger partial charge in [0.2, 0.25) is 0 Å². The quantitative estimate of drug-likeness (QED) is 0.720. The Kier molecular flexibility index (Phi) is 3.97. The van der Waals surface area contributed by atoms with Crippen LogP contribution in [0.1, 0.15) is 33.6 Å². The SMILES string of the molecule is CCC(C)(CC)OC1CN(C(=O)OC)C1. The summed E-state index contributed by atoms with van der Waals surface area (Å²) in [7, 11) is 1.40. The first kappa shape index (κ1) is 12.3. The van der Waals surface area contributed by atoms with Crippen LogP contribution in [0.15, 0.2) is 0 Å². The highest BCUT2D eigenvalue weighted by Crippen LogP contribution is 2.25. The lowest BCUT2D eigenvalue weighted by Gasteiger charge is -2.42. The first-order valence-corrected chi connectivity index (χ1v) is 5.55. The number of nitrogens with zero attached hydrogens (tertiary/aromatic N) is 1. The largest absolute Gasteiger partial charge is 0.453 e. The van der Waals surface area contributed by atoms with Gasteiger partial charge in [0.05, 0.1) is 31.9 Å². The average molecular weight is 215 g/mol. The summed E-state index contributed by atoms with van der Waals surface area (Å²) in [4.78, 5) is 12.7. The van der Waals surface area contributed by atoms with Gasteiger partial charge in [-0.05, 0) is 19.8 Å². The summed E-state index contributed by atoms with van der Waals surface area (Å²) in [5.74, 6) is 0. The fourth-order valence-electron chi connectivity index (χ4n) is 1.61. The average Bonchev–Trinajstić information content (AvgIpc) is 2.21. The Morgan fingerprint density at radius 1 is 1.40 bits per heavy atom. The van der Waals surface area contributed by atoms with Gasteiger partial charge in [-0.25, -0.2) is 4.79 Å². The minimum absolute atomic E-state index is 0.0487. The van der Waals surface area contributed by atoms with Crippen molar-refractivity contribution >= 4 is 6.09 Å². The van der Waals surface area contributed by atoms with Crippen LogP contribution < -0.4 is 0 Å². The van der Waals surface area contributed by atoms with Crippen molar-refractivity contribution in [3.63, 3.8) is 0 Å². The van der Waals surface area contributed by atoms with Crippen LogP contribution in [0.5, 0.6) is 0 Å². The first-order chi connectivity index (χ1) is 7.04. The molecule has 0 bridgehead atoms. The van der Waals surface area contributed by atoms with Crippen LogP contribution in [-0.2, 0) is 9.47 Å². The third-order valence-electron chi connectivity index (χ3n) is 3.23. The summed E-state index contributed by atoms with van der Waals surface area (Å²) in [5, 5.41) is 0. The highest BCUT2D eigenvalue weighted by atomic mass is 16.6. The van der Waals surface area contributed by atoms with Crippen LogP contribution in [0.4, 0.5) is 4.79 Å². The summed E-state index contributed by atoms with van der Waals surface area (Å²) in [6.45, 7) is 7.68. The predicted octanol–water partition coefficient (Wildman–Crippen LogP) is 2.03. The van der Waals surface area contributed by atoms with Gasteiger partial charge in [0.25, 0.3) is 0 Å². The molecule has 0 aromatic carbocycles. The molecule has 0 atom stereocenters. The monoisotopic (exact) mass is 215 g/mol. The van der Waals surface area contributed by atoms with Gasteiger partial charge in [0, 0.05) is 0 Å². The second kappa shape index (κ2) is 4.84. The molecule has 1 fully saturated rings. The van der Waals surface area contributed by atoms with Crippen molar-refractivity contribution in [3.8, 4) is 0 Å². The molecule has 0 unspecified atom stereocenters. The topological polar surface area (TPSA) is 38.8 Å². The van der Waals surface area contributed by atoms with Crippen molar-refractivity contribution in [3.05, 3.63) is 0 Å². The minimum atomic E-state index is -0.260. The van der Waals surface area contributed by atoms with E-state index in [4.69, 9.17) is 4.74 Å². The van der Waals surface area contributed by atoms with E-state index in [0.717, 1.165) is 12.8 Å². The molecule has 0 aromatic heterocycles. The minimum Gasteiger partial charge on any atom is -0.453 e. The number of likely N-dealkylation sites (tertiary alicyclic amines) is 1. The van der Waals surface area contributed by atoms with Crippen LogP contribution in [-0.4, -0.2) is 42.9 Å². The van der Waals surface area contributed by atoms with Crippen LogP contribution in [0, 0.1) is 0 Å². The van der Waals surface area contributed by atoms with Crippen molar-refractivity contribution < 1.29 is 14.3 Å². The Hall–Kier alpha value is -0.770. The molecule has 1 heterocycles. The summed E-state index contributed by atoms with van der Waals surface area (Å²) in [6, 6.07) is 0. The maximum Gasteiger partial charge on any atom is 0.409 e. The van der Waals surface area contributed by atoms with Gasteiger partial charge < -0.3 is 14.4 Å². The third kappa shape index (κ3) is 2.84. The van der Waals surface area contributed by atoms with Gasteiger partial charge in [-0.3, -0.25) is 0 Å². The second-order valence-corrected chi connectivity index (χ2v) is 4.27. The van der Waals surface area contributed by atoms with Gasteiger partial charge in [-0.2, -0.15) is 0 Å². The van der Waals surface area contributed by atoms with Gasteiger partial charge >= 0.3 is 6.09 Å². The first-order valence-electron chi connectivity index (χ1n) is 5.55. The molecule has 1 rings (SSSR count). The molecule has 4 heteroatoms. The summed E-state index contributed by atoms with van der Waals surface area (Å²) in [5.41, 5.74) is -0.0487. The molecule has 88 valence electrons. The standard InChI is InChI=1S/C11H21NO3/c1-5-11(3,6-2)15-9-7-12(8-9)10(13)14-4/h9H,5-8H2,1-4H3. The van der Waals surface area contributed by atoms with Crippen molar-refractivity contribution in [2.45, 2.75) is 45.3 Å². The van der Waals surface area contributed by atoms with Gasteiger partial charge in [0.15, 0.2) is 0 Å². The molecule has 1 aliphatic rings. The molecule has 1 saturated heterocycles. The Morgan fingerprint density at radius 2 is 1.93 bits per heavy atom. The lowest BCUT2D eigenvalue weighted by molar-refractivity contribution is -0.135. The van der Waals surface area contributed by atoms with E-state index in [-0.39, 0.29) is 17.8 Å². The number of ether oxygens (including phenoxy) is 2. The van der Waals surface area contributed by atoms with Crippen molar-refractivity contribution in [2.24, 2.45) is 0 Å². The van der Waals surface area contributed by atoms with Crippen molar-refractivity contribution in [2.75, 3.05) is 20.2 Å². The van der Waals surface area contributed by atoms with E-state index in [2.05, 4.69) is 25.5 Å². The molecule has 0 radical (unpaired) electrons. The maximum atomic E-state index is 11.1. The van der Waals surface area contributed by atoms with E-state index in [1.54, 1.807) is 4.90 Å². The molecule has 0 N–H and O–H groups in total. The smallest absolute Gasteiger partial charge is 0.409 e. The van der Waals surface area contributed by atoms with Crippen LogP contribution in [0.2, 0.25) is 0 Å². The van der Waals surface area contributed by atoms with Crippen LogP contribution >= 0.6 is 0 Å². The molecular weight excluding hydrogens is 194 g/mol. The molecule has 1 amide bonds. The molecular formula is C11H21NO3. The highest BCUT2D eigenvalue weighted by molar-refractivity contribution is 5.68. The van der Waals surface area contributed by atoms with Crippen molar-refractivity contribution in [1.29, 1.82) is 0 Å². The van der Waals surface area contributed by atoms with Gasteiger partial charge in [-0.1, -0.05) is 13.8 Å². The van der Waals surface area contributed by atoms with Gasteiger partial charge in [-0.15, -0.1) is 0 Å². The molecule has 0 spiro atoms. The van der Waals surface area contributed by atoms with Crippen LogP contribution in [0.3, 0.4) is 0 Å². The zero-order valence-electron chi connectivity index (χ0n) is 10.1. The van der Waals surface area contributed by atoms with E-state index in [0.29, 0.717) is 13.1 Å².